The Morgan fingerprint density at radius 2 is 2.23 bits per heavy atom. The second-order valence-corrected chi connectivity index (χ2v) is 6.35. The van der Waals surface area contributed by atoms with E-state index in [1.165, 1.54) is 0 Å². The van der Waals surface area contributed by atoms with Gasteiger partial charge < -0.3 is 0 Å². The number of aliphatic hydroxyl groups excluding tert-OH is 1. The van der Waals surface area contributed by atoms with Gasteiger partial charge in [-0.15, -0.1) is 0 Å². The molecule has 1 rings (SSSR count). The van der Waals surface area contributed by atoms with Gasteiger partial charge in [0.05, 0.1) is 0 Å². The van der Waals surface area contributed by atoms with Crippen LogP contribution in [0.25, 0.3) is 0 Å². The molecule has 0 aliphatic carbocycles. The molecule has 2 atom stereocenters. The summed E-state index contributed by atoms with van der Waals surface area (Å²) in [4.78, 5) is -0.215. The van der Waals surface area contributed by atoms with Crippen molar-refractivity contribution in [2.24, 2.45) is 0 Å². The third-order valence-electron chi connectivity index (χ3n) is 1.61. The van der Waals surface area contributed by atoms with Gasteiger partial charge in [0, 0.05) is 0 Å². The van der Waals surface area contributed by atoms with Crippen molar-refractivity contribution in [2.75, 3.05) is 12.8 Å². The van der Waals surface area contributed by atoms with Gasteiger partial charge >= 0.3 is 84.2 Å². The van der Waals surface area contributed by atoms with Crippen molar-refractivity contribution in [3.8, 4) is 5.75 Å². The van der Waals surface area contributed by atoms with Crippen molar-refractivity contribution in [2.45, 2.75) is 11.8 Å². The van der Waals surface area contributed by atoms with Crippen LogP contribution in [0.15, 0.2) is 18.2 Å². The molecule has 3 N–H and O–H groups in total. The van der Waals surface area contributed by atoms with E-state index < -0.39 is 15.8 Å². The van der Waals surface area contributed by atoms with E-state index in [-0.39, 0.29) is 4.89 Å². The number of hydrogen-bond donors (Lipinski definition) is 2. The zero-order chi connectivity index (χ0) is 9.84. The van der Waals surface area contributed by atoms with Crippen LogP contribution < -0.4 is 14.8 Å². The van der Waals surface area contributed by atoms with Crippen molar-refractivity contribution >= 4 is 25.8 Å². The summed E-state index contributed by atoms with van der Waals surface area (Å²) in [6.45, 7) is 1.81. The van der Waals surface area contributed by atoms with Gasteiger partial charge in [0.2, 0.25) is 0 Å². The molecule has 0 saturated carbocycles. The Bertz CT molecular complexity index is 289. The van der Waals surface area contributed by atoms with E-state index in [1.54, 1.807) is 14.0 Å². The molecule has 0 aliphatic heterocycles. The standard InChI is InChI=1S/C9H14AsNO2/c1-6(12)10-7-3-4-9(13-2)8(11)5-7/h3-6,10,12H,11H2,1-2H3. The number of methoxy groups -OCH3 is 1. The number of nitrogens with two attached hydrogens (primary N) is 1. The summed E-state index contributed by atoms with van der Waals surface area (Å²) >= 11 is -0.480. The number of nitrogen functional groups attached to an aromatic ring is 1. The Kier molecular flexibility index (Phi) is 3.64. The number of aliphatic hydroxyl groups is 1. The molecule has 13 heavy (non-hydrogen) atoms. The predicted molar refractivity (Wildman–Crippen MR) is 55.9 cm³/mol. The van der Waals surface area contributed by atoms with Gasteiger partial charge in [-0.1, -0.05) is 0 Å². The molecular formula is C9H14AsNO2. The number of rotatable bonds is 3. The van der Waals surface area contributed by atoms with E-state index in [9.17, 15) is 5.11 Å². The van der Waals surface area contributed by atoms with Crippen LogP contribution in [-0.4, -0.2) is 32.9 Å². The summed E-state index contributed by atoms with van der Waals surface area (Å²) in [5.41, 5.74) is 6.36. The van der Waals surface area contributed by atoms with Gasteiger partial charge in [0.1, 0.15) is 0 Å². The molecule has 0 fully saturated rings. The fourth-order valence-corrected chi connectivity index (χ4v) is 2.96. The fraction of sp³-hybridized carbons (Fsp3) is 0.333. The van der Waals surface area contributed by atoms with Crippen LogP contribution >= 0.6 is 0 Å². The minimum atomic E-state index is -0.480. The number of hydrogen-bond acceptors (Lipinski definition) is 3. The van der Waals surface area contributed by atoms with Gasteiger partial charge in [-0.05, 0) is 0 Å². The van der Waals surface area contributed by atoms with Crippen LogP contribution in [0.1, 0.15) is 6.92 Å². The monoisotopic (exact) mass is 243 g/mol. The quantitative estimate of drug-likeness (QED) is 0.565. The van der Waals surface area contributed by atoms with E-state index >= 15 is 0 Å². The first-order valence-corrected chi connectivity index (χ1v) is 6.27. The Morgan fingerprint density at radius 3 is 2.69 bits per heavy atom. The summed E-state index contributed by atoms with van der Waals surface area (Å²) < 4.78 is 6.18. The average molecular weight is 243 g/mol. The summed E-state index contributed by atoms with van der Waals surface area (Å²) in [7, 11) is 1.59. The van der Waals surface area contributed by atoms with E-state index in [4.69, 9.17) is 10.5 Å². The third-order valence-corrected chi connectivity index (χ3v) is 3.83. The Balaban J connectivity index is 2.83. The normalized spacial score (nSPS) is 13.5. The van der Waals surface area contributed by atoms with Crippen LogP contribution in [0.2, 0.25) is 0 Å². The van der Waals surface area contributed by atoms with Gasteiger partial charge in [-0.2, -0.15) is 0 Å². The zero-order valence-corrected chi connectivity index (χ0v) is 9.84. The molecule has 0 saturated heterocycles. The first-order valence-electron chi connectivity index (χ1n) is 4.01. The summed E-state index contributed by atoms with van der Waals surface area (Å²) in [5.74, 6) is 0.695. The molecule has 1 aromatic carbocycles. The van der Waals surface area contributed by atoms with E-state index in [2.05, 4.69) is 0 Å². The van der Waals surface area contributed by atoms with Crippen molar-refractivity contribution < 1.29 is 9.84 Å². The minimum absolute atomic E-state index is 0.215. The Morgan fingerprint density at radius 1 is 1.54 bits per heavy atom. The number of benzene rings is 1. The van der Waals surface area contributed by atoms with Crippen LogP contribution in [0, 0.1) is 0 Å². The molecule has 0 aliphatic rings. The maximum absolute atomic E-state index is 9.21. The molecule has 1 aromatic rings. The SMILES string of the molecule is COc1ccc([AsH]C(C)O)cc1N. The molecule has 0 amide bonds. The van der Waals surface area contributed by atoms with Crippen molar-refractivity contribution in [3.63, 3.8) is 0 Å². The molecule has 0 heterocycles. The number of anilines is 1. The first kappa shape index (κ1) is 10.4. The Labute approximate surface area is 84.6 Å². The van der Waals surface area contributed by atoms with Crippen molar-refractivity contribution in [1.82, 2.24) is 0 Å². The second kappa shape index (κ2) is 4.54. The molecule has 2 unspecified atom stereocenters. The molecule has 3 nitrogen and oxygen atoms in total. The van der Waals surface area contributed by atoms with Gasteiger partial charge in [0.15, 0.2) is 0 Å². The summed E-state index contributed by atoms with van der Waals surface area (Å²) in [5, 5.41) is 9.21. The molecule has 0 spiro atoms. The predicted octanol–water partition coefficient (Wildman–Crippen LogP) is -0.323. The van der Waals surface area contributed by atoms with Crippen molar-refractivity contribution in [1.29, 1.82) is 0 Å². The van der Waals surface area contributed by atoms with Gasteiger partial charge in [-0.3, -0.25) is 0 Å². The van der Waals surface area contributed by atoms with Crippen molar-refractivity contribution in [3.05, 3.63) is 18.2 Å². The summed E-state index contributed by atoms with van der Waals surface area (Å²) in [6, 6.07) is 5.68. The average Bonchev–Trinajstić information content (AvgIpc) is 2.03. The van der Waals surface area contributed by atoms with Crippen LogP contribution in [0.3, 0.4) is 0 Å². The van der Waals surface area contributed by atoms with Gasteiger partial charge in [-0.25, -0.2) is 0 Å². The second-order valence-electron chi connectivity index (χ2n) is 2.78. The molecule has 0 bridgehead atoms. The molecule has 0 aromatic heterocycles. The number of ether oxygens (including phenoxy) is 1. The molecule has 4 heteroatoms. The first-order chi connectivity index (χ1) is 6.13. The van der Waals surface area contributed by atoms with Crippen LogP contribution in [-0.2, 0) is 0 Å². The van der Waals surface area contributed by atoms with Crippen LogP contribution in [0.4, 0.5) is 5.69 Å². The topological polar surface area (TPSA) is 55.5 Å². The zero-order valence-electron chi connectivity index (χ0n) is 7.74. The maximum atomic E-state index is 9.21. The van der Waals surface area contributed by atoms with E-state index in [0.29, 0.717) is 11.4 Å². The molecule has 72 valence electrons. The Hall–Kier alpha value is -0.662. The fourth-order valence-electron chi connectivity index (χ4n) is 1.07. The van der Waals surface area contributed by atoms with E-state index in [0.717, 1.165) is 4.35 Å². The third kappa shape index (κ3) is 2.94. The van der Waals surface area contributed by atoms with E-state index in [1.807, 2.05) is 18.2 Å². The summed E-state index contributed by atoms with van der Waals surface area (Å²) in [6.07, 6.45) is 0. The molecule has 0 radical (unpaired) electrons. The van der Waals surface area contributed by atoms with Crippen LogP contribution in [0.5, 0.6) is 5.75 Å². The molecular weight excluding hydrogens is 229 g/mol. The van der Waals surface area contributed by atoms with Gasteiger partial charge in [0.25, 0.3) is 0 Å².